The van der Waals surface area contributed by atoms with Crippen molar-refractivity contribution < 1.29 is 23.8 Å². The van der Waals surface area contributed by atoms with Gasteiger partial charge in [0.25, 0.3) is 0 Å². The lowest BCUT2D eigenvalue weighted by Crippen LogP contribution is -2.02. The largest absolute Gasteiger partial charge is 0.493 e. The molecule has 1 aromatic rings. The van der Waals surface area contributed by atoms with Gasteiger partial charge in [-0.3, -0.25) is 4.79 Å². The zero-order valence-corrected chi connectivity index (χ0v) is 10.3. The van der Waals surface area contributed by atoms with Crippen LogP contribution in [-0.2, 0) is 4.79 Å². The number of ketones is 2. The lowest BCUT2D eigenvalue weighted by Gasteiger charge is -2.07. The number of benzene rings is 1. The number of hydrogen-bond acceptors (Lipinski definition) is 5. The molecular weight excluding hydrogens is 236 g/mol. The lowest BCUT2D eigenvalue weighted by molar-refractivity contribution is -0.116. The van der Waals surface area contributed by atoms with Crippen molar-refractivity contribution in [1.29, 1.82) is 0 Å². The second-order valence-electron chi connectivity index (χ2n) is 4.04. The first kappa shape index (κ1) is 12.4. The van der Waals surface area contributed by atoms with E-state index in [1.807, 2.05) is 0 Å². The Hall–Kier alpha value is -2.04. The molecule has 0 amide bonds. The summed E-state index contributed by atoms with van der Waals surface area (Å²) in [6.45, 7) is 1.59. The van der Waals surface area contributed by atoms with E-state index in [4.69, 9.17) is 14.2 Å². The van der Waals surface area contributed by atoms with Gasteiger partial charge in [-0.25, -0.2) is 0 Å². The molecule has 0 atom stereocenters. The van der Waals surface area contributed by atoms with Gasteiger partial charge in [0.05, 0.1) is 7.11 Å². The van der Waals surface area contributed by atoms with Crippen LogP contribution in [0.1, 0.15) is 30.1 Å². The van der Waals surface area contributed by atoms with Crippen molar-refractivity contribution in [1.82, 2.24) is 0 Å². The number of methoxy groups -OCH3 is 1. The molecule has 18 heavy (non-hydrogen) atoms. The van der Waals surface area contributed by atoms with Gasteiger partial charge in [-0.1, -0.05) is 0 Å². The highest BCUT2D eigenvalue weighted by atomic mass is 16.7. The van der Waals surface area contributed by atoms with Crippen molar-refractivity contribution in [2.24, 2.45) is 0 Å². The monoisotopic (exact) mass is 250 g/mol. The molecule has 0 bridgehead atoms. The smallest absolute Gasteiger partial charge is 0.231 e. The number of hydrogen-bond donors (Lipinski definition) is 0. The summed E-state index contributed by atoms with van der Waals surface area (Å²) in [6, 6.07) is 3.23. The molecule has 0 fully saturated rings. The summed E-state index contributed by atoms with van der Waals surface area (Å²) in [4.78, 5) is 22.8. The van der Waals surface area contributed by atoms with E-state index in [0.717, 1.165) is 0 Å². The van der Waals surface area contributed by atoms with Gasteiger partial charge < -0.3 is 19.0 Å². The molecule has 0 aromatic heterocycles. The van der Waals surface area contributed by atoms with Gasteiger partial charge in [-0.05, 0) is 19.1 Å². The molecule has 0 N–H and O–H groups in total. The first-order chi connectivity index (χ1) is 8.61. The van der Waals surface area contributed by atoms with Crippen molar-refractivity contribution >= 4 is 11.6 Å². The van der Waals surface area contributed by atoms with Crippen molar-refractivity contribution in [3.63, 3.8) is 0 Å². The summed E-state index contributed by atoms with van der Waals surface area (Å²) in [6.07, 6.45) is 0.438. The Bertz CT molecular complexity index is 492. The Morgan fingerprint density at radius 1 is 1.28 bits per heavy atom. The summed E-state index contributed by atoms with van der Waals surface area (Å²) >= 11 is 0. The molecule has 0 saturated heterocycles. The standard InChI is InChI=1S/C13H14O5/c1-8(14)3-4-10(15)9-5-11(16-2)13-12(6-9)17-7-18-13/h5-6H,3-4,7H2,1-2H3. The molecule has 0 radical (unpaired) electrons. The quantitative estimate of drug-likeness (QED) is 0.748. The molecule has 0 aliphatic carbocycles. The van der Waals surface area contributed by atoms with Crippen LogP contribution in [0.2, 0.25) is 0 Å². The predicted molar refractivity (Wildman–Crippen MR) is 63.4 cm³/mol. The van der Waals surface area contributed by atoms with Crippen molar-refractivity contribution in [2.75, 3.05) is 13.9 Å². The molecule has 1 aliphatic rings. The second kappa shape index (κ2) is 5.08. The zero-order valence-electron chi connectivity index (χ0n) is 10.3. The molecule has 0 spiro atoms. The van der Waals surface area contributed by atoms with E-state index in [2.05, 4.69) is 0 Å². The van der Waals surface area contributed by atoms with Crippen LogP contribution in [0.4, 0.5) is 0 Å². The van der Waals surface area contributed by atoms with Crippen molar-refractivity contribution in [2.45, 2.75) is 19.8 Å². The highest BCUT2D eigenvalue weighted by Crippen LogP contribution is 2.42. The summed E-state index contributed by atoms with van der Waals surface area (Å²) in [5, 5.41) is 0. The maximum Gasteiger partial charge on any atom is 0.231 e. The third-order valence-corrected chi connectivity index (χ3v) is 2.68. The Morgan fingerprint density at radius 2 is 2.06 bits per heavy atom. The Balaban J connectivity index is 2.23. The summed E-state index contributed by atoms with van der Waals surface area (Å²) in [5.41, 5.74) is 0.470. The zero-order chi connectivity index (χ0) is 13.1. The molecule has 5 heteroatoms. The Morgan fingerprint density at radius 3 is 2.72 bits per heavy atom. The van der Waals surface area contributed by atoms with Gasteiger partial charge in [0.2, 0.25) is 12.5 Å². The highest BCUT2D eigenvalue weighted by Gasteiger charge is 2.22. The third-order valence-electron chi connectivity index (χ3n) is 2.68. The molecule has 1 aliphatic heterocycles. The minimum atomic E-state index is -0.109. The maximum absolute atomic E-state index is 11.9. The maximum atomic E-state index is 11.9. The SMILES string of the molecule is COc1cc(C(=O)CCC(C)=O)cc2c1OCO2. The van der Waals surface area contributed by atoms with E-state index in [9.17, 15) is 9.59 Å². The molecule has 0 unspecified atom stereocenters. The normalized spacial score (nSPS) is 12.3. The van der Waals surface area contributed by atoms with E-state index in [-0.39, 0.29) is 31.2 Å². The highest BCUT2D eigenvalue weighted by molar-refractivity contribution is 5.99. The summed E-state index contributed by atoms with van der Waals surface area (Å²) < 4.78 is 15.6. The van der Waals surface area contributed by atoms with Gasteiger partial charge in [-0.2, -0.15) is 0 Å². The fourth-order valence-corrected chi connectivity index (χ4v) is 1.72. The van der Waals surface area contributed by atoms with Gasteiger partial charge in [0.1, 0.15) is 5.78 Å². The van der Waals surface area contributed by atoms with Crippen LogP contribution in [0.3, 0.4) is 0 Å². The number of carbonyl (C=O) groups is 2. The summed E-state index contributed by atoms with van der Waals surface area (Å²) in [5.74, 6) is 1.37. The molecule has 0 saturated carbocycles. The number of ether oxygens (including phenoxy) is 3. The van der Waals surface area contributed by atoms with Gasteiger partial charge in [-0.15, -0.1) is 0 Å². The third kappa shape index (κ3) is 2.45. The fourth-order valence-electron chi connectivity index (χ4n) is 1.72. The molecule has 96 valence electrons. The Kier molecular flexibility index (Phi) is 3.50. The summed E-state index contributed by atoms with van der Waals surface area (Å²) in [7, 11) is 1.50. The number of carbonyl (C=O) groups excluding carboxylic acids is 2. The first-order valence-corrected chi connectivity index (χ1v) is 5.62. The van der Waals surface area contributed by atoms with Crippen molar-refractivity contribution in [3.05, 3.63) is 17.7 Å². The van der Waals surface area contributed by atoms with Crippen LogP contribution >= 0.6 is 0 Å². The van der Waals surface area contributed by atoms with Crippen LogP contribution in [0.5, 0.6) is 17.2 Å². The average Bonchev–Trinajstić information content (AvgIpc) is 2.82. The molecule has 1 heterocycles. The molecule has 1 aromatic carbocycles. The van der Waals surface area contributed by atoms with E-state index in [1.54, 1.807) is 12.1 Å². The lowest BCUT2D eigenvalue weighted by atomic mass is 10.0. The van der Waals surface area contributed by atoms with E-state index < -0.39 is 0 Å². The predicted octanol–water partition coefficient (Wildman–Crippen LogP) is 1.98. The topological polar surface area (TPSA) is 61.8 Å². The van der Waals surface area contributed by atoms with Crippen LogP contribution in [0.15, 0.2) is 12.1 Å². The first-order valence-electron chi connectivity index (χ1n) is 5.62. The van der Waals surface area contributed by atoms with Crippen LogP contribution in [0.25, 0.3) is 0 Å². The minimum Gasteiger partial charge on any atom is -0.493 e. The van der Waals surface area contributed by atoms with Crippen LogP contribution in [0, 0.1) is 0 Å². The molecule has 5 nitrogen and oxygen atoms in total. The molecule has 2 rings (SSSR count). The number of rotatable bonds is 5. The van der Waals surface area contributed by atoms with E-state index >= 15 is 0 Å². The average molecular weight is 250 g/mol. The van der Waals surface area contributed by atoms with Crippen molar-refractivity contribution in [3.8, 4) is 17.2 Å². The van der Waals surface area contributed by atoms with Crippen LogP contribution in [-0.4, -0.2) is 25.5 Å². The van der Waals surface area contributed by atoms with Crippen LogP contribution < -0.4 is 14.2 Å². The van der Waals surface area contributed by atoms with Gasteiger partial charge in [0.15, 0.2) is 17.3 Å². The Labute approximate surface area is 105 Å². The van der Waals surface area contributed by atoms with Gasteiger partial charge in [0, 0.05) is 18.4 Å². The van der Waals surface area contributed by atoms with Gasteiger partial charge >= 0.3 is 0 Å². The van der Waals surface area contributed by atoms with E-state index in [0.29, 0.717) is 22.8 Å². The fraction of sp³-hybridized carbons (Fsp3) is 0.385. The number of Topliss-reactive ketones (excluding diaryl/α,β-unsaturated/α-hetero) is 2. The number of fused-ring (bicyclic) bond motifs is 1. The minimum absolute atomic E-state index is 0.00365. The molecular formula is C13H14O5. The van der Waals surface area contributed by atoms with E-state index in [1.165, 1.54) is 14.0 Å². The second-order valence-corrected chi connectivity index (χ2v) is 4.04.